The molecule has 0 atom stereocenters. The largest absolute Gasteiger partial charge is 0.460 e. The molecule has 0 aromatic heterocycles. The van der Waals surface area contributed by atoms with Gasteiger partial charge in [0, 0.05) is 6.08 Å². The van der Waals surface area contributed by atoms with Crippen molar-refractivity contribution in [1.29, 1.82) is 0 Å². The van der Waals surface area contributed by atoms with E-state index in [2.05, 4.69) is 16.6 Å². The van der Waals surface area contributed by atoms with Crippen LogP contribution in [0.5, 0.6) is 0 Å². The van der Waals surface area contributed by atoms with E-state index in [-0.39, 0.29) is 13.2 Å². The van der Waals surface area contributed by atoms with E-state index < -0.39 is 5.97 Å². The summed E-state index contributed by atoms with van der Waals surface area (Å²) in [6, 6.07) is 0. The molecular weight excluding hydrogens is 146 g/mol. The Balaban J connectivity index is 0. The van der Waals surface area contributed by atoms with Gasteiger partial charge in [-0.05, 0) is 14.1 Å². The fourth-order valence-corrected chi connectivity index (χ4v) is 0.205. The minimum absolute atomic E-state index is 0.0465. The molecule has 0 radical (unpaired) electrons. The summed E-state index contributed by atoms with van der Waals surface area (Å²) in [5.41, 5.74) is 0. The van der Waals surface area contributed by atoms with E-state index >= 15 is 0 Å². The zero-order valence-corrected chi connectivity index (χ0v) is 6.96. The molecule has 4 nitrogen and oxygen atoms in total. The average Bonchev–Trinajstić information content (AvgIpc) is 2.02. The standard InChI is InChI=1S/C5H8O3.C2H7N/c1-2-5(7)8-4-3-6;1-3-2/h2,6H,1,3-4H2;3H,1-2H3. The van der Waals surface area contributed by atoms with Crippen LogP contribution in [0.1, 0.15) is 0 Å². The summed E-state index contributed by atoms with van der Waals surface area (Å²) in [4.78, 5) is 10.1. The van der Waals surface area contributed by atoms with Gasteiger partial charge in [0.25, 0.3) is 0 Å². The van der Waals surface area contributed by atoms with Gasteiger partial charge in [0.15, 0.2) is 0 Å². The number of nitrogens with one attached hydrogen (secondary N) is 1. The van der Waals surface area contributed by atoms with E-state index in [0.717, 1.165) is 6.08 Å². The Labute approximate surface area is 66.9 Å². The van der Waals surface area contributed by atoms with E-state index in [1.807, 2.05) is 14.1 Å². The third-order valence-electron chi connectivity index (χ3n) is 0.502. The van der Waals surface area contributed by atoms with Crippen LogP contribution in [0.3, 0.4) is 0 Å². The summed E-state index contributed by atoms with van der Waals surface area (Å²) in [7, 11) is 3.75. The van der Waals surface area contributed by atoms with Gasteiger partial charge >= 0.3 is 5.97 Å². The molecule has 0 amide bonds. The Morgan fingerprint density at radius 2 is 2.18 bits per heavy atom. The minimum atomic E-state index is -0.501. The quantitative estimate of drug-likeness (QED) is 0.434. The van der Waals surface area contributed by atoms with Crippen molar-refractivity contribution in [3.8, 4) is 0 Å². The van der Waals surface area contributed by atoms with E-state index in [9.17, 15) is 4.79 Å². The van der Waals surface area contributed by atoms with E-state index in [1.54, 1.807) is 0 Å². The molecule has 0 aromatic carbocycles. The minimum Gasteiger partial charge on any atom is -0.460 e. The van der Waals surface area contributed by atoms with Crippen LogP contribution < -0.4 is 5.32 Å². The summed E-state index contributed by atoms with van der Waals surface area (Å²) < 4.78 is 4.33. The first-order chi connectivity index (χ1) is 5.22. The van der Waals surface area contributed by atoms with Crippen molar-refractivity contribution in [3.05, 3.63) is 12.7 Å². The monoisotopic (exact) mass is 161 g/mol. The van der Waals surface area contributed by atoms with Crippen LogP contribution >= 0.6 is 0 Å². The smallest absolute Gasteiger partial charge is 0.330 e. The number of esters is 1. The molecule has 0 saturated heterocycles. The van der Waals surface area contributed by atoms with Gasteiger partial charge in [-0.3, -0.25) is 0 Å². The second kappa shape index (κ2) is 11.9. The Kier molecular flexibility index (Phi) is 13.8. The molecule has 0 fully saturated rings. The van der Waals surface area contributed by atoms with Crippen molar-refractivity contribution in [2.75, 3.05) is 27.3 Å². The molecule has 2 N–H and O–H groups in total. The fraction of sp³-hybridized carbons (Fsp3) is 0.571. The van der Waals surface area contributed by atoms with Crippen molar-refractivity contribution >= 4 is 5.97 Å². The lowest BCUT2D eigenvalue weighted by atomic mass is 10.6. The molecule has 0 saturated carbocycles. The van der Waals surface area contributed by atoms with E-state index in [0.29, 0.717) is 0 Å². The molecule has 0 heterocycles. The number of aliphatic hydroxyl groups excluding tert-OH is 1. The van der Waals surface area contributed by atoms with Gasteiger partial charge in [-0.25, -0.2) is 4.79 Å². The first-order valence-electron chi connectivity index (χ1n) is 3.21. The first kappa shape index (κ1) is 12.8. The second-order valence-electron chi connectivity index (χ2n) is 1.60. The van der Waals surface area contributed by atoms with Crippen LogP contribution in [0.15, 0.2) is 12.7 Å². The fourth-order valence-electron chi connectivity index (χ4n) is 0.205. The van der Waals surface area contributed by atoms with Crippen LogP contribution in [0.4, 0.5) is 0 Å². The number of aliphatic hydroxyl groups is 1. The predicted molar refractivity (Wildman–Crippen MR) is 43.2 cm³/mol. The molecular formula is C7H15NO3. The number of carbonyl (C=O) groups excluding carboxylic acids is 1. The van der Waals surface area contributed by atoms with Crippen LogP contribution in [-0.4, -0.2) is 38.4 Å². The average molecular weight is 161 g/mol. The predicted octanol–water partition coefficient (Wildman–Crippen LogP) is -0.456. The van der Waals surface area contributed by atoms with Gasteiger partial charge in [-0.1, -0.05) is 6.58 Å². The van der Waals surface area contributed by atoms with Crippen LogP contribution in [0, 0.1) is 0 Å². The summed E-state index contributed by atoms with van der Waals surface area (Å²) in [5.74, 6) is -0.501. The third-order valence-corrected chi connectivity index (χ3v) is 0.502. The van der Waals surface area contributed by atoms with Gasteiger partial charge in [0.05, 0.1) is 6.61 Å². The molecule has 0 bridgehead atoms. The maximum atomic E-state index is 10.1. The van der Waals surface area contributed by atoms with Crippen molar-refractivity contribution in [1.82, 2.24) is 5.32 Å². The first-order valence-corrected chi connectivity index (χ1v) is 3.21. The molecule has 0 aliphatic carbocycles. The highest BCUT2D eigenvalue weighted by Crippen LogP contribution is 1.75. The number of carbonyl (C=O) groups is 1. The Morgan fingerprint density at radius 3 is 2.45 bits per heavy atom. The van der Waals surface area contributed by atoms with Crippen molar-refractivity contribution in [2.45, 2.75) is 0 Å². The van der Waals surface area contributed by atoms with Crippen molar-refractivity contribution < 1.29 is 14.6 Å². The summed E-state index contributed by atoms with van der Waals surface area (Å²) in [6.07, 6.45) is 1.05. The molecule has 4 heteroatoms. The normalized spacial score (nSPS) is 7.55. The van der Waals surface area contributed by atoms with Crippen molar-refractivity contribution in [3.63, 3.8) is 0 Å². The van der Waals surface area contributed by atoms with Crippen LogP contribution in [-0.2, 0) is 9.53 Å². The maximum absolute atomic E-state index is 10.1. The highest BCUT2D eigenvalue weighted by Gasteiger charge is 1.90. The van der Waals surface area contributed by atoms with Gasteiger partial charge in [-0.15, -0.1) is 0 Å². The number of ether oxygens (including phenoxy) is 1. The summed E-state index contributed by atoms with van der Waals surface area (Å²) >= 11 is 0. The van der Waals surface area contributed by atoms with Gasteiger partial charge in [-0.2, -0.15) is 0 Å². The molecule has 0 rings (SSSR count). The molecule has 0 unspecified atom stereocenters. The zero-order valence-electron chi connectivity index (χ0n) is 6.96. The van der Waals surface area contributed by atoms with Crippen LogP contribution in [0.2, 0.25) is 0 Å². The summed E-state index contributed by atoms with van der Waals surface area (Å²) in [6.45, 7) is 3.06. The topological polar surface area (TPSA) is 58.6 Å². The lowest BCUT2D eigenvalue weighted by molar-refractivity contribution is -0.138. The molecule has 66 valence electrons. The molecule has 0 aromatic rings. The molecule has 11 heavy (non-hydrogen) atoms. The molecule has 0 aliphatic rings. The summed E-state index contributed by atoms with van der Waals surface area (Å²) in [5, 5.41) is 10.8. The van der Waals surface area contributed by atoms with Gasteiger partial charge in [0.2, 0.25) is 0 Å². The number of rotatable bonds is 3. The van der Waals surface area contributed by atoms with E-state index in [1.165, 1.54) is 0 Å². The highest BCUT2D eigenvalue weighted by atomic mass is 16.5. The molecule has 0 aliphatic heterocycles. The molecule has 0 spiro atoms. The zero-order chi connectivity index (χ0) is 9.11. The van der Waals surface area contributed by atoms with Gasteiger partial charge in [0.1, 0.15) is 6.61 Å². The SMILES string of the molecule is C=CC(=O)OCCO.CNC. The third kappa shape index (κ3) is 17.6. The lowest BCUT2D eigenvalue weighted by Crippen LogP contribution is -2.04. The maximum Gasteiger partial charge on any atom is 0.330 e. The Bertz CT molecular complexity index is 104. The Hall–Kier alpha value is -0.870. The van der Waals surface area contributed by atoms with Crippen molar-refractivity contribution in [2.24, 2.45) is 0 Å². The van der Waals surface area contributed by atoms with Gasteiger partial charge < -0.3 is 15.2 Å². The highest BCUT2D eigenvalue weighted by molar-refractivity contribution is 5.81. The Morgan fingerprint density at radius 1 is 1.73 bits per heavy atom. The second-order valence-corrected chi connectivity index (χ2v) is 1.60. The number of hydrogen-bond donors (Lipinski definition) is 2. The number of hydrogen-bond acceptors (Lipinski definition) is 4. The van der Waals surface area contributed by atoms with E-state index in [4.69, 9.17) is 5.11 Å². The van der Waals surface area contributed by atoms with Crippen LogP contribution in [0.25, 0.3) is 0 Å². The lowest BCUT2D eigenvalue weighted by Gasteiger charge is -1.94.